The number of nitrogens with one attached hydrogen (secondary N) is 1. The molecule has 0 aromatic heterocycles. The summed E-state index contributed by atoms with van der Waals surface area (Å²) >= 11 is 5.93. The average molecular weight is 298 g/mol. The van der Waals surface area contributed by atoms with Gasteiger partial charge in [0.2, 0.25) is 5.91 Å². The van der Waals surface area contributed by atoms with E-state index < -0.39 is 0 Å². The number of hydrogen-bond acceptors (Lipinski definition) is 3. The minimum Gasteiger partial charge on any atom is -0.397 e. The predicted octanol–water partition coefficient (Wildman–Crippen LogP) is 3.37. The molecule has 0 aliphatic carbocycles. The van der Waals surface area contributed by atoms with Crippen LogP contribution in [0.2, 0.25) is 5.02 Å². The second kappa shape index (κ2) is 7.50. The van der Waals surface area contributed by atoms with E-state index in [9.17, 15) is 4.79 Å². The van der Waals surface area contributed by atoms with Crippen LogP contribution in [0.25, 0.3) is 0 Å². The van der Waals surface area contributed by atoms with Crippen molar-refractivity contribution >= 4 is 28.9 Å². The zero-order valence-electron chi connectivity index (χ0n) is 12.6. The first-order valence-corrected chi connectivity index (χ1v) is 7.36. The molecule has 0 saturated heterocycles. The van der Waals surface area contributed by atoms with Gasteiger partial charge in [0, 0.05) is 11.1 Å². The van der Waals surface area contributed by atoms with Crippen molar-refractivity contribution in [2.75, 3.05) is 17.6 Å². The highest BCUT2D eigenvalue weighted by Crippen LogP contribution is 2.23. The van der Waals surface area contributed by atoms with Crippen LogP contribution in [-0.2, 0) is 4.79 Å². The molecule has 3 N–H and O–H groups in total. The van der Waals surface area contributed by atoms with Gasteiger partial charge < -0.3 is 11.1 Å². The Hall–Kier alpha value is -1.26. The number of nitrogens with two attached hydrogens (primary N) is 1. The lowest BCUT2D eigenvalue weighted by atomic mass is 10.1. The van der Waals surface area contributed by atoms with Crippen molar-refractivity contribution in [3.05, 3.63) is 23.2 Å². The Kier molecular flexibility index (Phi) is 6.30. The molecule has 1 rings (SSSR count). The Bertz CT molecular complexity index is 462. The van der Waals surface area contributed by atoms with Crippen molar-refractivity contribution in [2.24, 2.45) is 0 Å². The first-order valence-electron chi connectivity index (χ1n) is 6.98. The quantitative estimate of drug-likeness (QED) is 0.792. The maximum Gasteiger partial charge on any atom is 0.241 e. The molecule has 0 aliphatic heterocycles. The van der Waals surface area contributed by atoms with Crippen molar-refractivity contribution < 1.29 is 4.79 Å². The molecule has 0 heterocycles. The van der Waals surface area contributed by atoms with Gasteiger partial charge in [-0.3, -0.25) is 9.69 Å². The van der Waals surface area contributed by atoms with Gasteiger partial charge >= 0.3 is 0 Å². The van der Waals surface area contributed by atoms with Crippen molar-refractivity contribution in [3.8, 4) is 0 Å². The number of carbonyl (C=O) groups is 1. The lowest BCUT2D eigenvalue weighted by Crippen LogP contribution is -2.46. The fourth-order valence-corrected chi connectivity index (χ4v) is 2.35. The summed E-state index contributed by atoms with van der Waals surface area (Å²) in [4.78, 5) is 14.5. The number of hydrogen-bond donors (Lipinski definition) is 2. The summed E-state index contributed by atoms with van der Waals surface area (Å²) in [5.41, 5.74) is 6.93. The van der Waals surface area contributed by atoms with Crippen molar-refractivity contribution in [1.82, 2.24) is 4.90 Å². The topological polar surface area (TPSA) is 58.4 Å². The van der Waals surface area contributed by atoms with Gasteiger partial charge in [-0.25, -0.2) is 0 Å². The predicted molar refractivity (Wildman–Crippen MR) is 86.1 cm³/mol. The Morgan fingerprint density at radius 1 is 1.40 bits per heavy atom. The van der Waals surface area contributed by atoms with Crippen molar-refractivity contribution in [1.29, 1.82) is 0 Å². The zero-order chi connectivity index (χ0) is 15.3. The molecule has 1 unspecified atom stereocenters. The van der Waals surface area contributed by atoms with Gasteiger partial charge in [0.05, 0.1) is 17.4 Å². The van der Waals surface area contributed by atoms with Gasteiger partial charge in [-0.05, 0) is 51.9 Å². The van der Waals surface area contributed by atoms with Crippen LogP contribution < -0.4 is 11.1 Å². The molecule has 4 nitrogen and oxygen atoms in total. The van der Waals surface area contributed by atoms with E-state index in [-0.39, 0.29) is 11.9 Å². The third kappa shape index (κ3) is 4.39. The van der Waals surface area contributed by atoms with E-state index in [2.05, 4.69) is 31.0 Å². The lowest BCUT2D eigenvalue weighted by Gasteiger charge is -2.31. The summed E-state index contributed by atoms with van der Waals surface area (Å²) in [7, 11) is 0. The molecule has 1 aromatic rings. The van der Waals surface area contributed by atoms with E-state index in [1.54, 1.807) is 18.2 Å². The highest BCUT2D eigenvalue weighted by Gasteiger charge is 2.23. The standard InChI is InChI=1S/C15H24ClN3O/c1-5-8-19(10(2)3)11(4)15(20)18-14-9-12(16)6-7-13(14)17/h6-7,9-11H,5,8,17H2,1-4H3,(H,18,20). The maximum absolute atomic E-state index is 12.3. The summed E-state index contributed by atoms with van der Waals surface area (Å²) < 4.78 is 0. The minimum absolute atomic E-state index is 0.0684. The van der Waals surface area contributed by atoms with Gasteiger partial charge in [-0.15, -0.1) is 0 Å². The largest absolute Gasteiger partial charge is 0.397 e. The van der Waals surface area contributed by atoms with Crippen LogP contribution in [0.1, 0.15) is 34.1 Å². The number of nitrogens with zero attached hydrogens (tertiary/aromatic N) is 1. The summed E-state index contributed by atoms with van der Waals surface area (Å²) in [6, 6.07) is 5.16. The van der Waals surface area contributed by atoms with Crippen LogP contribution in [0.5, 0.6) is 0 Å². The van der Waals surface area contributed by atoms with E-state index in [1.165, 1.54) is 0 Å². The highest BCUT2D eigenvalue weighted by atomic mass is 35.5. The normalized spacial score (nSPS) is 12.8. The van der Waals surface area contributed by atoms with E-state index >= 15 is 0 Å². The summed E-state index contributed by atoms with van der Waals surface area (Å²) in [6.07, 6.45) is 1.01. The first kappa shape index (κ1) is 16.8. The van der Waals surface area contributed by atoms with E-state index in [0.717, 1.165) is 13.0 Å². The summed E-state index contributed by atoms with van der Waals surface area (Å²) in [6.45, 7) is 9.08. The lowest BCUT2D eigenvalue weighted by molar-refractivity contribution is -0.121. The number of halogens is 1. The molecule has 0 saturated carbocycles. The first-order chi connectivity index (χ1) is 9.36. The Morgan fingerprint density at radius 3 is 2.60 bits per heavy atom. The van der Waals surface area contributed by atoms with Crippen LogP contribution >= 0.6 is 11.6 Å². The molecule has 0 fully saturated rings. The summed E-state index contributed by atoms with van der Waals surface area (Å²) in [5.74, 6) is -0.0684. The molecule has 1 aromatic carbocycles. The molecule has 1 amide bonds. The number of carbonyl (C=O) groups excluding carboxylic acids is 1. The number of nitrogen functional groups attached to an aromatic ring is 1. The molecule has 112 valence electrons. The Morgan fingerprint density at radius 2 is 2.05 bits per heavy atom. The molecule has 0 radical (unpaired) electrons. The number of amides is 1. The molecule has 0 bridgehead atoms. The van der Waals surface area contributed by atoms with Crippen LogP contribution in [-0.4, -0.2) is 29.4 Å². The molecule has 5 heteroatoms. The van der Waals surface area contributed by atoms with Gasteiger partial charge in [0.15, 0.2) is 0 Å². The van der Waals surface area contributed by atoms with E-state index in [4.69, 9.17) is 17.3 Å². The zero-order valence-corrected chi connectivity index (χ0v) is 13.4. The molecule has 0 spiro atoms. The molecular weight excluding hydrogens is 274 g/mol. The fourth-order valence-electron chi connectivity index (χ4n) is 2.18. The molecule has 1 atom stereocenters. The van der Waals surface area contributed by atoms with Gasteiger partial charge in [0.25, 0.3) is 0 Å². The summed E-state index contributed by atoms with van der Waals surface area (Å²) in [5, 5.41) is 3.41. The SMILES string of the molecule is CCCN(C(C)C)C(C)C(=O)Nc1cc(Cl)ccc1N. The third-order valence-electron chi connectivity index (χ3n) is 3.30. The second-order valence-corrected chi connectivity index (χ2v) is 5.66. The monoisotopic (exact) mass is 297 g/mol. The van der Waals surface area contributed by atoms with Crippen molar-refractivity contribution in [3.63, 3.8) is 0 Å². The van der Waals surface area contributed by atoms with Crippen LogP contribution in [0.15, 0.2) is 18.2 Å². The number of anilines is 2. The Labute approximate surface area is 126 Å². The van der Waals surface area contributed by atoms with Crippen molar-refractivity contribution in [2.45, 2.75) is 46.2 Å². The number of rotatable bonds is 6. The third-order valence-corrected chi connectivity index (χ3v) is 3.53. The van der Waals surface area contributed by atoms with Crippen LogP contribution in [0, 0.1) is 0 Å². The van der Waals surface area contributed by atoms with E-state index in [0.29, 0.717) is 22.4 Å². The second-order valence-electron chi connectivity index (χ2n) is 5.23. The number of benzene rings is 1. The van der Waals surface area contributed by atoms with Gasteiger partial charge in [-0.2, -0.15) is 0 Å². The Balaban J connectivity index is 2.81. The molecular formula is C15H24ClN3O. The van der Waals surface area contributed by atoms with Crippen LogP contribution in [0.4, 0.5) is 11.4 Å². The molecule has 0 aliphatic rings. The van der Waals surface area contributed by atoms with Gasteiger partial charge in [-0.1, -0.05) is 18.5 Å². The van der Waals surface area contributed by atoms with Crippen LogP contribution in [0.3, 0.4) is 0 Å². The average Bonchev–Trinajstić information content (AvgIpc) is 2.39. The maximum atomic E-state index is 12.3. The highest BCUT2D eigenvalue weighted by molar-refractivity contribution is 6.31. The van der Waals surface area contributed by atoms with E-state index in [1.807, 2.05) is 6.92 Å². The fraction of sp³-hybridized carbons (Fsp3) is 0.533. The minimum atomic E-state index is -0.215. The van der Waals surface area contributed by atoms with Gasteiger partial charge in [0.1, 0.15) is 0 Å². The molecule has 20 heavy (non-hydrogen) atoms. The smallest absolute Gasteiger partial charge is 0.241 e.